The van der Waals surface area contributed by atoms with Crippen molar-refractivity contribution in [2.24, 2.45) is 0 Å². The number of carboxylic acid groups (broad SMARTS) is 1. The Labute approximate surface area is 120 Å². The molecule has 112 valence electrons. The summed E-state index contributed by atoms with van der Waals surface area (Å²) in [6.45, 7) is 0.166. The van der Waals surface area contributed by atoms with Crippen LogP contribution in [0.4, 0.5) is 10.5 Å². The third kappa shape index (κ3) is 3.28. The van der Waals surface area contributed by atoms with E-state index in [1.165, 1.54) is 24.3 Å². The molecule has 1 aromatic rings. The number of carboxylic acids is 1. The van der Waals surface area contributed by atoms with Gasteiger partial charge in [-0.05, 0) is 24.8 Å². The lowest BCUT2D eigenvalue weighted by molar-refractivity contribution is -0.384. The van der Waals surface area contributed by atoms with Gasteiger partial charge < -0.3 is 15.7 Å². The number of nitrogens with one attached hydrogen (secondary N) is 2. The second-order valence-electron chi connectivity index (χ2n) is 4.97. The zero-order valence-electron chi connectivity index (χ0n) is 11.2. The molecule has 8 heteroatoms. The molecule has 0 aromatic heterocycles. The lowest BCUT2D eigenvalue weighted by Crippen LogP contribution is -2.61. The van der Waals surface area contributed by atoms with E-state index in [1.54, 1.807) is 0 Å². The number of hydrogen-bond acceptors (Lipinski definition) is 4. The predicted octanol–water partition coefficient (Wildman–Crippen LogP) is 1.40. The molecule has 3 N–H and O–H groups in total. The van der Waals surface area contributed by atoms with Crippen molar-refractivity contribution < 1.29 is 19.6 Å². The summed E-state index contributed by atoms with van der Waals surface area (Å²) in [4.78, 5) is 32.8. The first-order chi connectivity index (χ1) is 9.93. The van der Waals surface area contributed by atoms with Crippen molar-refractivity contribution in [3.8, 4) is 0 Å². The summed E-state index contributed by atoms with van der Waals surface area (Å²) in [5, 5.41) is 24.6. The van der Waals surface area contributed by atoms with Crippen molar-refractivity contribution in [1.82, 2.24) is 10.6 Å². The van der Waals surface area contributed by atoms with Gasteiger partial charge in [0, 0.05) is 18.7 Å². The van der Waals surface area contributed by atoms with Gasteiger partial charge in [0.2, 0.25) is 0 Å². The number of aliphatic carboxylic acids is 1. The van der Waals surface area contributed by atoms with E-state index in [0.717, 1.165) is 6.42 Å². The standard InChI is InChI=1S/C13H15N3O5/c17-11(18)13(6-1-7-13)15-12(19)14-8-9-2-4-10(5-3-9)16(20)21/h2-5H,1,6-8H2,(H,17,18)(H2,14,15,19). The van der Waals surface area contributed by atoms with Crippen LogP contribution in [0.2, 0.25) is 0 Å². The fourth-order valence-electron chi connectivity index (χ4n) is 2.10. The van der Waals surface area contributed by atoms with E-state index in [0.29, 0.717) is 18.4 Å². The first-order valence-electron chi connectivity index (χ1n) is 6.46. The molecule has 0 radical (unpaired) electrons. The summed E-state index contributed by atoms with van der Waals surface area (Å²) in [5.74, 6) is -1.03. The highest BCUT2D eigenvalue weighted by Crippen LogP contribution is 2.31. The molecule has 2 rings (SSSR count). The van der Waals surface area contributed by atoms with Gasteiger partial charge in [0.05, 0.1) is 4.92 Å². The smallest absolute Gasteiger partial charge is 0.329 e. The van der Waals surface area contributed by atoms with Crippen molar-refractivity contribution in [2.45, 2.75) is 31.3 Å². The maximum absolute atomic E-state index is 11.7. The maximum Gasteiger partial charge on any atom is 0.329 e. The predicted molar refractivity (Wildman–Crippen MR) is 72.7 cm³/mol. The lowest BCUT2D eigenvalue weighted by atomic mass is 9.77. The van der Waals surface area contributed by atoms with E-state index in [-0.39, 0.29) is 12.2 Å². The van der Waals surface area contributed by atoms with Gasteiger partial charge in [-0.1, -0.05) is 12.1 Å². The van der Waals surface area contributed by atoms with Crippen LogP contribution in [0.5, 0.6) is 0 Å². The summed E-state index contributed by atoms with van der Waals surface area (Å²) < 4.78 is 0. The number of hydrogen-bond donors (Lipinski definition) is 3. The molecule has 0 atom stereocenters. The van der Waals surface area contributed by atoms with E-state index in [1.807, 2.05) is 0 Å². The minimum atomic E-state index is -1.15. The molecule has 1 aliphatic rings. The summed E-state index contributed by atoms with van der Waals surface area (Å²) in [7, 11) is 0. The molecule has 0 spiro atoms. The zero-order valence-corrected chi connectivity index (χ0v) is 11.2. The van der Waals surface area contributed by atoms with Crippen LogP contribution >= 0.6 is 0 Å². The molecule has 0 saturated heterocycles. The van der Waals surface area contributed by atoms with Crippen LogP contribution < -0.4 is 10.6 Å². The molecule has 1 fully saturated rings. The molecule has 2 amide bonds. The number of rotatable bonds is 5. The number of benzene rings is 1. The van der Waals surface area contributed by atoms with E-state index in [4.69, 9.17) is 5.11 Å². The molecule has 0 bridgehead atoms. The third-order valence-corrected chi connectivity index (χ3v) is 3.57. The molecule has 1 aliphatic carbocycles. The van der Waals surface area contributed by atoms with Gasteiger partial charge in [-0.3, -0.25) is 10.1 Å². The average Bonchev–Trinajstić information content (AvgIpc) is 2.40. The number of carbonyl (C=O) groups excluding carboxylic acids is 1. The number of nitro groups is 1. The summed E-state index contributed by atoms with van der Waals surface area (Å²) in [6, 6.07) is 5.21. The maximum atomic E-state index is 11.7. The number of amides is 2. The quantitative estimate of drug-likeness (QED) is 0.559. The summed E-state index contributed by atoms with van der Waals surface area (Å²) in [6.07, 6.45) is 1.62. The lowest BCUT2D eigenvalue weighted by Gasteiger charge is -2.38. The highest BCUT2D eigenvalue weighted by molar-refractivity contribution is 5.87. The largest absolute Gasteiger partial charge is 0.480 e. The molecular weight excluding hydrogens is 278 g/mol. The summed E-state index contributed by atoms with van der Waals surface area (Å²) in [5.41, 5.74) is -0.490. The molecule has 1 saturated carbocycles. The SMILES string of the molecule is O=C(NCc1ccc([N+](=O)[O-])cc1)NC1(C(=O)O)CCC1. The van der Waals surface area contributed by atoms with Gasteiger partial charge in [-0.15, -0.1) is 0 Å². The van der Waals surface area contributed by atoms with E-state index >= 15 is 0 Å². The molecule has 8 nitrogen and oxygen atoms in total. The Morgan fingerprint density at radius 3 is 2.33 bits per heavy atom. The van der Waals surface area contributed by atoms with Gasteiger partial charge in [0.1, 0.15) is 5.54 Å². The summed E-state index contributed by atoms with van der Waals surface area (Å²) >= 11 is 0. The van der Waals surface area contributed by atoms with Crippen molar-refractivity contribution in [2.75, 3.05) is 0 Å². The number of urea groups is 1. The van der Waals surface area contributed by atoms with Gasteiger partial charge in [-0.25, -0.2) is 9.59 Å². The fraction of sp³-hybridized carbons (Fsp3) is 0.385. The molecule has 21 heavy (non-hydrogen) atoms. The fourth-order valence-corrected chi connectivity index (χ4v) is 2.10. The van der Waals surface area contributed by atoms with Crippen LogP contribution in [0.25, 0.3) is 0 Å². The zero-order chi connectivity index (χ0) is 15.5. The Kier molecular flexibility index (Phi) is 4.06. The van der Waals surface area contributed by atoms with E-state index in [9.17, 15) is 19.7 Å². The first kappa shape index (κ1) is 14.8. The Balaban J connectivity index is 1.86. The molecule has 0 aliphatic heterocycles. The van der Waals surface area contributed by atoms with Crippen molar-refractivity contribution in [3.63, 3.8) is 0 Å². The van der Waals surface area contributed by atoms with Crippen LogP contribution in [0.3, 0.4) is 0 Å². The van der Waals surface area contributed by atoms with Crippen LogP contribution in [-0.4, -0.2) is 27.6 Å². The minimum absolute atomic E-state index is 0.0255. The van der Waals surface area contributed by atoms with Gasteiger partial charge in [0.25, 0.3) is 5.69 Å². The van der Waals surface area contributed by atoms with Crippen LogP contribution in [0.15, 0.2) is 24.3 Å². The van der Waals surface area contributed by atoms with Crippen molar-refractivity contribution in [1.29, 1.82) is 0 Å². The topological polar surface area (TPSA) is 122 Å². The Morgan fingerprint density at radius 2 is 1.90 bits per heavy atom. The van der Waals surface area contributed by atoms with Crippen molar-refractivity contribution >= 4 is 17.7 Å². The highest BCUT2D eigenvalue weighted by Gasteiger charge is 2.45. The first-order valence-corrected chi connectivity index (χ1v) is 6.46. The van der Waals surface area contributed by atoms with Gasteiger partial charge in [-0.2, -0.15) is 0 Å². The van der Waals surface area contributed by atoms with Crippen LogP contribution in [0.1, 0.15) is 24.8 Å². The molecule has 0 heterocycles. The number of nitrogens with zero attached hydrogens (tertiary/aromatic N) is 1. The minimum Gasteiger partial charge on any atom is -0.480 e. The van der Waals surface area contributed by atoms with E-state index < -0.39 is 22.5 Å². The molecule has 0 unspecified atom stereocenters. The highest BCUT2D eigenvalue weighted by atomic mass is 16.6. The third-order valence-electron chi connectivity index (χ3n) is 3.57. The second-order valence-corrected chi connectivity index (χ2v) is 4.97. The Bertz CT molecular complexity index is 566. The average molecular weight is 293 g/mol. The van der Waals surface area contributed by atoms with Crippen LogP contribution in [0, 0.1) is 10.1 Å². The van der Waals surface area contributed by atoms with Crippen molar-refractivity contribution in [3.05, 3.63) is 39.9 Å². The van der Waals surface area contributed by atoms with Gasteiger partial charge in [0.15, 0.2) is 0 Å². The van der Waals surface area contributed by atoms with Gasteiger partial charge >= 0.3 is 12.0 Å². The Morgan fingerprint density at radius 1 is 1.29 bits per heavy atom. The second kappa shape index (κ2) is 5.78. The molecular formula is C13H15N3O5. The van der Waals surface area contributed by atoms with Crippen LogP contribution in [-0.2, 0) is 11.3 Å². The number of non-ortho nitro benzene ring substituents is 1. The van der Waals surface area contributed by atoms with E-state index in [2.05, 4.69) is 10.6 Å². The molecule has 1 aromatic carbocycles. The Hall–Kier alpha value is -2.64. The number of nitro benzene ring substituents is 1. The number of carbonyl (C=O) groups is 2. The monoisotopic (exact) mass is 293 g/mol. The normalized spacial score (nSPS) is 15.6.